The maximum absolute atomic E-state index is 12.9. The molecule has 3 N–H and O–H groups in total. The van der Waals surface area contributed by atoms with Gasteiger partial charge in [-0.05, 0) is 97.2 Å². The van der Waals surface area contributed by atoms with Crippen LogP contribution < -0.4 is 0 Å². The van der Waals surface area contributed by atoms with Crippen molar-refractivity contribution in [3.63, 3.8) is 0 Å². The minimum Gasteiger partial charge on any atom is -0.462 e. The van der Waals surface area contributed by atoms with E-state index in [0.29, 0.717) is 18.3 Å². The third kappa shape index (κ3) is 4.31. The first kappa shape index (κ1) is 35.3. The monoisotopic (exact) mass is 718 g/mol. The van der Waals surface area contributed by atoms with E-state index in [1.54, 1.807) is 0 Å². The van der Waals surface area contributed by atoms with E-state index in [1.165, 1.54) is 13.8 Å². The first-order valence-corrected chi connectivity index (χ1v) is 19.5. The van der Waals surface area contributed by atoms with E-state index in [1.807, 2.05) is 6.92 Å². The molecule has 4 saturated heterocycles. The van der Waals surface area contributed by atoms with Crippen LogP contribution >= 0.6 is 0 Å². The molecule has 4 aliphatic heterocycles. The van der Waals surface area contributed by atoms with Gasteiger partial charge in [0.1, 0.15) is 30.0 Å². The number of ether oxygens (including phenoxy) is 7. The van der Waals surface area contributed by atoms with Crippen molar-refractivity contribution in [1.82, 2.24) is 0 Å². The molecule has 5 aliphatic carbocycles. The Morgan fingerprint density at radius 3 is 2.14 bits per heavy atom. The molecule has 286 valence electrons. The van der Waals surface area contributed by atoms with Crippen molar-refractivity contribution in [2.24, 2.45) is 50.7 Å². The van der Waals surface area contributed by atoms with E-state index in [4.69, 9.17) is 33.2 Å². The number of esters is 2. The predicted octanol–water partition coefficient (Wildman–Crippen LogP) is 3.60. The van der Waals surface area contributed by atoms with Crippen LogP contribution in [0.5, 0.6) is 0 Å². The highest BCUT2D eigenvalue weighted by Gasteiger charge is 2.87. The summed E-state index contributed by atoms with van der Waals surface area (Å²) >= 11 is 0. The number of hydrogen-bond acceptors (Lipinski definition) is 12. The van der Waals surface area contributed by atoms with Crippen LogP contribution in [0.1, 0.15) is 107 Å². The molecular formula is C39H58O12. The van der Waals surface area contributed by atoms with Gasteiger partial charge in [0, 0.05) is 25.7 Å². The molecule has 19 atom stereocenters. The van der Waals surface area contributed by atoms with Gasteiger partial charge < -0.3 is 48.5 Å². The highest BCUT2D eigenvalue weighted by Crippen LogP contribution is 2.89. The lowest BCUT2D eigenvalue weighted by Crippen LogP contribution is -2.64. The van der Waals surface area contributed by atoms with Gasteiger partial charge in [-0.3, -0.25) is 9.59 Å². The van der Waals surface area contributed by atoms with Crippen molar-refractivity contribution in [2.75, 3.05) is 6.61 Å². The molecule has 51 heavy (non-hydrogen) atoms. The van der Waals surface area contributed by atoms with E-state index in [2.05, 4.69) is 34.6 Å². The number of fused-ring (bicyclic) bond motifs is 6. The Morgan fingerprint density at radius 2 is 1.49 bits per heavy atom. The number of hydrogen-bond donors (Lipinski definition) is 3. The summed E-state index contributed by atoms with van der Waals surface area (Å²) < 4.78 is 43.3. The standard InChI is InChI=1S/C39H58O12/c1-18-13-39(31-36(8,50-31)32(44)51-39)49-21-14-34(6)24-10-9-23-33(4,5)25(48-30-29(43)28(42)22(16-45-30)46-19(2)40)11-12-37(23)17-38(24,37)15-26(47-20(3)41)35(34,7)27(18)21/h18,21-32,42-44H,9-17H2,1-8H3/t18-,21+,22-,23+,24+,25+,26-,27+,28+,29-,30+,31-,32?,34+,35-,36+,37-,38+,39-/m1/s1. The SMILES string of the molecule is CC(=O)O[C@@H]1CO[C@@H](O[C@H]2CC[C@]34C[C@]35C[C@@H](OC(C)=O)[C@]3(C)[C@H]6[C@H](C)C[C@]7(OC(O)[C@@]8(C)O[C@@H]78)O[C@H]6C[C@@]3(C)[C@@H]5CC[C@H]4C2(C)C)[C@H](O)[C@H]1O. The van der Waals surface area contributed by atoms with Gasteiger partial charge in [0.2, 0.25) is 5.79 Å². The van der Waals surface area contributed by atoms with E-state index >= 15 is 0 Å². The second-order valence-electron chi connectivity index (χ2n) is 19.5. The molecule has 0 aromatic rings. The summed E-state index contributed by atoms with van der Waals surface area (Å²) in [5, 5.41) is 32.4. The maximum atomic E-state index is 12.9. The summed E-state index contributed by atoms with van der Waals surface area (Å²) in [6, 6.07) is 0. The molecule has 1 unspecified atom stereocenters. The van der Waals surface area contributed by atoms with Crippen LogP contribution in [0.25, 0.3) is 0 Å². The maximum Gasteiger partial charge on any atom is 0.303 e. The second-order valence-corrected chi connectivity index (χ2v) is 19.5. The zero-order valence-electron chi connectivity index (χ0n) is 31.4. The Labute approximate surface area is 300 Å². The summed E-state index contributed by atoms with van der Waals surface area (Å²) in [5.41, 5.74) is -1.34. The number of carbonyl (C=O) groups is 2. The summed E-state index contributed by atoms with van der Waals surface area (Å²) in [6.45, 7) is 16.3. The minimum atomic E-state index is -1.34. The molecule has 0 radical (unpaired) electrons. The fraction of sp³-hybridized carbons (Fsp3) is 0.949. The molecule has 12 nitrogen and oxygen atoms in total. The van der Waals surface area contributed by atoms with Crippen LogP contribution in [-0.4, -0.2) is 101 Å². The van der Waals surface area contributed by atoms with Gasteiger partial charge in [-0.2, -0.15) is 0 Å². The topological polar surface area (TPSA) is 163 Å². The molecule has 9 aliphatic rings. The molecular weight excluding hydrogens is 660 g/mol. The Morgan fingerprint density at radius 1 is 0.784 bits per heavy atom. The van der Waals surface area contributed by atoms with Crippen molar-refractivity contribution in [2.45, 2.75) is 173 Å². The number of rotatable bonds is 4. The molecule has 0 aromatic carbocycles. The van der Waals surface area contributed by atoms with Crippen LogP contribution in [0.4, 0.5) is 0 Å². The van der Waals surface area contributed by atoms with E-state index in [-0.39, 0.29) is 75.9 Å². The number of aliphatic hydroxyl groups excluding tert-OH is 3. The normalized spacial score (nSPS) is 60.1. The number of aliphatic hydroxyl groups is 3. The van der Waals surface area contributed by atoms with E-state index in [0.717, 1.165) is 44.9 Å². The van der Waals surface area contributed by atoms with Crippen molar-refractivity contribution >= 4 is 11.9 Å². The van der Waals surface area contributed by atoms with Gasteiger partial charge in [-0.15, -0.1) is 0 Å². The van der Waals surface area contributed by atoms with Gasteiger partial charge in [-0.25, -0.2) is 0 Å². The first-order chi connectivity index (χ1) is 23.8. The Balaban J connectivity index is 0.996. The Hall–Kier alpha value is -1.38. The number of epoxide rings is 1. The molecule has 0 aromatic heterocycles. The van der Waals surface area contributed by atoms with Crippen molar-refractivity contribution in [1.29, 1.82) is 0 Å². The summed E-state index contributed by atoms with van der Waals surface area (Å²) in [6.07, 6.45) is 0.799. The van der Waals surface area contributed by atoms with E-state index in [9.17, 15) is 24.9 Å². The van der Waals surface area contributed by atoms with Crippen LogP contribution in [-0.2, 0) is 42.7 Å². The van der Waals surface area contributed by atoms with Gasteiger partial charge in [0.25, 0.3) is 0 Å². The second kappa shape index (κ2) is 10.7. The lowest BCUT2D eigenvalue weighted by molar-refractivity contribution is -0.346. The van der Waals surface area contributed by atoms with Crippen molar-refractivity contribution in [3.8, 4) is 0 Å². The van der Waals surface area contributed by atoms with Crippen molar-refractivity contribution in [3.05, 3.63) is 0 Å². The average Bonchev–Trinajstić information content (AvgIpc) is 3.87. The third-order valence-corrected chi connectivity index (χ3v) is 17.1. The summed E-state index contributed by atoms with van der Waals surface area (Å²) in [4.78, 5) is 24.4. The quantitative estimate of drug-likeness (QED) is 0.220. The zero-order valence-corrected chi connectivity index (χ0v) is 31.4. The number of carbonyl (C=O) groups excluding carboxylic acids is 2. The lowest BCUT2D eigenvalue weighted by atomic mass is 9.41. The summed E-state index contributed by atoms with van der Waals surface area (Å²) in [7, 11) is 0. The molecule has 9 rings (SSSR count). The third-order valence-electron chi connectivity index (χ3n) is 17.1. The molecule has 0 bridgehead atoms. The van der Waals surface area contributed by atoms with E-state index < -0.39 is 48.2 Å². The average molecular weight is 719 g/mol. The molecule has 5 saturated carbocycles. The Bertz CT molecular complexity index is 1500. The first-order valence-electron chi connectivity index (χ1n) is 19.5. The van der Waals surface area contributed by atoms with Crippen LogP contribution in [0.3, 0.4) is 0 Å². The van der Waals surface area contributed by atoms with Crippen LogP contribution in [0.15, 0.2) is 0 Å². The highest BCUT2D eigenvalue weighted by atomic mass is 16.8. The fourth-order valence-electron chi connectivity index (χ4n) is 14.9. The molecule has 0 amide bonds. The van der Waals surface area contributed by atoms with Crippen LogP contribution in [0.2, 0.25) is 0 Å². The van der Waals surface area contributed by atoms with Gasteiger partial charge in [0.15, 0.2) is 18.7 Å². The summed E-state index contributed by atoms with van der Waals surface area (Å²) in [5.74, 6) is -0.596. The molecule has 4 heterocycles. The smallest absolute Gasteiger partial charge is 0.303 e. The van der Waals surface area contributed by atoms with Gasteiger partial charge in [0.05, 0.1) is 18.8 Å². The largest absolute Gasteiger partial charge is 0.462 e. The molecule has 9 fully saturated rings. The van der Waals surface area contributed by atoms with Crippen LogP contribution in [0, 0.1) is 50.7 Å². The van der Waals surface area contributed by atoms with Gasteiger partial charge in [-0.1, -0.05) is 34.6 Å². The predicted molar refractivity (Wildman–Crippen MR) is 177 cm³/mol. The molecule has 3 spiro atoms. The zero-order chi connectivity index (χ0) is 36.5. The molecule has 12 heteroatoms. The minimum absolute atomic E-state index is 0.0213. The lowest BCUT2D eigenvalue weighted by Gasteiger charge is -2.65. The Kier molecular flexibility index (Phi) is 7.40. The highest BCUT2D eigenvalue weighted by molar-refractivity contribution is 5.66. The fourth-order valence-corrected chi connectivity index (χ4v) is 14.9. The van der Waals surface area contributed by atoms with Crippen molar-refractivity contribution < 1.29 is 58.1 Å². The van der Waals surface area contributed by atoms with Gasteiger partial charge >= 0.3 is 11.9 Å².